The molecular formula is C14H18N4O. The summed E-state index contributed by atoms with van der Waals surface area (Å²) >= 11 is 0. The van der Waals surface area contributed by atoms with Crippen LogP contribution in [0.15, 0.2) is 24.3 Å². The first-order valence-electron chi connectivity index (χ1n) is 6.46. The van der Waals surface area contributed by atoms with Gasteiger partial charge in [0.1, 0.15) is 6.07 Å². The van der Waals surface area contributed by atoms with E-state index in [9.17, 15) is 4.79 Å². The highest BCUT2D eigenvalue weighted by atomic mass is 16.1. The van der Waals surface area contributed by atoms with Gasteiger partial charge in [0, 0.05) is 19.1 Å². The maximum atomic E-state index is 10.7. The Morgan fingerprint density at radius 2 is 2.11 bits per heavy atom. The molecule has 100 valence electrons. The molecule has 5 nitrogen and oxygen atoms in total. The van der Waals surface area contributed by atoms with Gasteiger partial charge < -0.3 is 16.0 Å². The van der Waals surface area contributed by atoms with Crippen molar-refractivity contribution in [3.05, 3.63) is 29.8 Å². The molecule has 3 N–H and O–H groups in total. The molecule has 1 aliphatic heterocycles. The van der Waals surface area contributed by atoms with Gasteiger partial charge >= 0.3 is 0 Å². The van der Waals surface area contributed by atoms with E-state index in [-0.39, 0.29) is 12.5 Å². The largest absolute Gasteiger partial charge is 0.370 e. The quantitative estimate of drug-likeness (QED) is 0.828. The van der Waals surface area contributed by atoms with Gasteiger partial charge in [0.2, 0.25) is 5.91 Å². The summed E-state index contributed by atoms with van der Waals surface area (Å²) in [5, 5.41) is 12.3. The van der Waals surface area contributed by atoms with Crippen molar-refractivity contribution < 1.29 is 4.79 Å². The summed E-state index contributed by atoms with van der Waals surface area (Å²) in [7, 11) is 0. The van der Waals surface area contributed by atoms with E-state index in [1.54, 1.807) is 0 Å². The van der Waals surface area contributed by atoms with E-state index in [0.29, 0.717) is 11.6 Å². The van der Waals surface area contributed by atoms with E-state index in [1.165, 1.54) is 0 Å². The topological polar surface area (TPSA) is 82.2 Å². The predicted molar refractivity (Wildman–Crippen MR) is 73.6 cm³/mol. The number of anilines is 1. The van der Waals surface area contributed by atoms with Crippen molar-refractivity contribution in [1.29, 1.82) is 5.26 Å². The molecular weight excluding hydrogens is 240 g/mol. The van der Waals surface area contributed by atoms with Gasteiger partial charge in [-0.2, -0.15) is 5.26 Å². The van der Waals surface area contributed by atoms with Crippen LogP contribution in [-0.2, 0) is 4.79 Å². The number of piperidine rings is 1. The highest BCUT2D eigenvalue weighted by Gasteiger charge is 2.20. The van der Waals surface area contributed by atoms with Crippen molar-refractivity contribution in [3.63, 3.8) is 0 Å². The number of amides is 1. The molecule has 1 aromatic rings. The average molecular weight is 258 g/mol. The molecule has 1 aromatic carbocycles. The van der Waals surface area contributed by atoms with Crippen molar-refractivity contribution in [2.75, 3.05) is 24.5 Å². The molecule has 1 saturated heterocycles. The first kappa shape index (κ1) is 13.4. The summed E-state index contributed by atoms with van der Waals surface area (Å²) in [6.45, 7) is 2.00. The number of rotatable bonds is 4. The lowest BCUT2D eigenvalue weighted by Gasteiger charge is -2.34. The summed E-state index contributed by atoms with van der Waals surface area (Å²) in [5.74, 6) is -0.322. The third-order valence-corrected chi connectivity index (χ3v) is 3.43. The maximum absolute atomic E-state index is 10.7. The minimum Gasteiger partial charge on any atom is -0.370 e. The van der Waals surface area contributed by atoms with Gasteiger partial charge in [-0.15, -0.1) is 0 Å². The van der Waals surface area contributed by atoms with Crippen LogP contribution in [0.2, 0.25) is 0 Å². The number of carbonyl (C=O) groups is 1. The number of nitrogens with one attached hydrogen (secondary N) is 1. The van der Waals surface area contributed by atoms with Crippen LogP contribution in [0.4, 0.5) is 5.69 Å². The maximum Gasteiger partial charge on any atom is 0.231 e. The molecule has 1 fully saturated rings. The smallest absolute Gasteiger partial charge is 0.231 e. The van der Waals surface area contributed by atoms with Crippen LogP contribution < -0.4 is 16.0 Å². The Morgan fingerprint density at radius 3 is 2.74 bits per heavy atom. The summed E-state index contributed by atoms with van der Waals surface area (Å²) in [6, 6.07) is 10.2. The standard InChI is InChI=1S/C14H18N4O/c15-9-11-3-1-2-4-13(11)18-7-5-12(6-8-18)17-10-14(16)19/h1-4,12,17H,5-8,10H2,(H2,16,19). The van der Waals surface area contributed by atoms with Crippen molar-refractivity contribution >= 4 is 11.6 Å². The van der Waals surface area contributed by atoms with Crippen molar-refractivity contribution in [1.82, 2.24) is 5.32 Å². The molecule has 1 heterocycles. The minimum atomic E-state index is -0.322. The molecule has 2 rings (SSSR count). The lowest BCUT2D eigenvalue weighted by Crippen LogP contribution is -2.45. The van der Waals surface area contributed by atoms with Gasteiger partial charge in [0.25, 0.3) is 0 Å². The number of hydrogen-bond donors (Lipinski definition) is 2. The van der Waals surface area contributed by atoms with Crippen LogP contribution >= 0.6 is 0 Å². The van der Waals surface area contributed by atoms with Gasteiger partial charge in [-0.25, -0.2) is 0 Å². The number of benzene rings is 1. The van der Waals surface area contributed by atoms with Crippen molar-refractivity contribution in [2.24, 2.45) is 5.73 Å². The average Bonchev–Trinajstić information content (AvgIpc) is 2.45. The molecule has 0 unspecified atom stereocenters. The number of nitrogens with zero attached hydrogens (tertiary/aromatic N) is 2. The fraction of sp³-hybridized carbons (Fsp3) is 0.429. The zero-order valence-corrected chi connectivity index (χ0v) is 10.8. The van der Waals surface area contributed by atoms with Gasteiger partial charge in [-0.3, -0.25) is 4.79 Å². The second kappa shape index (κ2) is 6.21. The van der Waals surface area contributed by atoms with Gasteiger partial charge in [0.15, 0.2) is 0 Å². The SMILES string of the molecule is N#Cc1ccccc1N1CCC(NCC(N)=O)CC1. The van der Waals surface area contributed by atoms with E-state index in [2.05, 4.69) is 16.3 Å². The fourth-order valence-corrected chi connectivity index (χ4v) is 2.41. The molecule has 0 bridgehead atoms. The van der Waals surface area contributed by atoms with Gasteiger partial charge in [-0.1, -0.05) is 12.1 Å². The van der Waals surface area contributed by atoms with E-state index in [4.69, 9.17) is 11.0 Å². The molecule has 1 aliphatic rings. The van der Waals surface area contributed by atoms with Crippen molar-refractivity contribution in [2.45, 2.75) is 18.9 Å². The summed E-state index contributed by atoms with van der Waals surface area (Å²) in [4.78, 5) is 12.9. The molecule has 0 radical (unpaired) electrons. The molecule has 0 spiro atoms. The predicted octanol–water partition coefficient (Wildman–Crippen LogP) is 0.602. The van der Waals surface area contributed by atoms with Crippen LogP contribution in [0, 0.1) is 11.3 Å². The van der Waals surface area contributed by atoms with E-state index < -0.39 is 0 Å². The number of nitriles is 1. The zero-order chi connectivity index (χ0) is 13.7. The Hall–Kier alpha value is -2.06. The summed E-state index contributed by atoms with van der Waals surface area (Å²) < 4.78 is 0. The minimum absolute atomic E-state index is 0.236. The number of nitrogens with two attached hydrogens (primary N) is 1. The Bertz CT molecular complexity index is 486. The third kappa shape index (κ3) is 3.46. The molecule has 0 aromatic heterocycles. The highest BCUT2D eigenvalue weighted by Crippen LogP contribution is 2.23. The van der Waals surface area contributed by atoms with Crippen LogP contribution in [0.1, 0.15) is 18.4 Å². The second-order valence-electron chi connectivity index (χ2n) is 4.74. The van der Waals surface area contributed by atoms with E-state index in [1.807, 2.05) is 24.3 Å². The van der Waals surface area contributed by atoms with Crippen LogP contribution in [0.25, 0.3) is 0 Å². The molecule has 0 atom stereocenters. The van der Waals surface area contributed by atoms with Crippen molar-refractivity contribution in [3.8, 4) is 6.07 Å². The van der Waals surface area contributed by atoms with Crippen LogP contribution in [-0.4, -0.2) is 31.6 Å². The lowest BCUT2D eigenvalue weighted by atomic mass is 10.0. The number of primary amides is 1. The van der Waals surface area contributed by atoms with E-state index in [0.717, 1.165) is 31.6 Å². The van der Waals surface area contributed by atoms with Crippen LogP contribution in [0.3, 0.4) is 0 Å². The summed E-state index contributed by atoms with van der Waals surface area (Å²) in [6.07, 6.45) is 1.90. The number of hydrogen-bond acceptors (Lipinski definition) is 4. The Kier molecular flexibility index (Phi) is 4.37. The highest BCUT2D eigenvalue weighted by molar-refractivity contribution is 5.75. The molecule has 1 amide bonds. The monoisotopic (exact) mass is 258 g/mol. The van der Waals surface area contributed by atoms with Gasteiger partial charge in [-0.05, 0) is 25.0 Å². The summed E-state index contributed by atoms with van der Waals surface area (Å²) in [5.41, 5.74) is 6.83. The van der Waals surface area contributed by atoms with Crippen LogP contribution in [0.5, 0.6) is 0 Å². The molecule has 19 heavy (non-hydrogen) atoms. The molecule has 0 aliphatic carbocycles. The third-order valence-electron chi connectivity index (χ3n) is 3.43. The lowest BCUT2D eigenvalue weighted by molar-refractivity contribution is -0.117. The first-order valence-corrected chi connectivity index (χ1v) is 6.46. The number of para-hydroxylation sites is 1. The molecule has 0 saturated carbocycles. The second-order valence-corrected chi connectivity index (χ2v) is 4.74. The zero-order valence-electron chi connectivity index (χ0n) is 10.8. The Morgan fingerprint density at radius 1 is 1.42 bits per heavy atom. The molecule has 5 heteroatoms. The first-order chi connectivity index (χ1) is 9.20. The Balaban J connectivity index is 1.93. The van der Waals surface area contributed by atoms with E-state index >= 15 is 0 Å². The number of carbonyl (C=O) groups excluding carboxylic acids is 1. The normalized spacial score (nSPS) is 16.1. The van der Waals surface area contributed by atoms with Gasteiger partial charge in [0.05, 0.1) is 17.8 Å². The fourth-order valence-electron chi connectivity index (χ4n) is 2.41. The Labute approximate surface area is 113 Å².